The van der Waals surface area contributed by atoms with E-state index < -0.39 is 0 Å². The predicted molar refractivity (Wildman–Crippen MR) is 90.3 cm³/mol. The molecule has 3 atom stereocenters. The Kier molecular flexibility index (Phi) is 6.14. The van der Waals surface area contributed by atoms with E-state index in [2.05, 4.69) is 27.7 Å². The van der Waals surface area contributed by atoms with Crippen LogP contribution in [0, 0.1) is 23.2 Å². The van der Waals surface area contributed by atoms with E-state index in [9.17, 15) is 0 Å². The van der Waals surface area contributed by atoms with Gasteiger partial charge in [-0.3, -0.25) is 0 Å². The lowest BCUT2D eigenvalue weighted by atomic mass is 9.66. The standard InChI is InChI=1S/C19H37NO/c1-5-19(3,4)16-9-8-15(13-20)18(12-16)21-17-10-6-14(2)7-11-17/h14-18H,5-13,20H2,1-4H3. The van der Waals surface area contributed by atoms with Gasteiger partial charge < -0.3 is 10.5 Å². The van der Waals surface area contributed by atoms with Gasteiger partial charge in [0.1, 0.15) is 0 Å². The van der Waals surface area contributed by atoms with Crippen molar-refractivity contribution in [2.24, 2.45) is 28.9 Å². The minimum Gasteiger partial charge on any atom is -0.375 e. The van der Waals surface area contributed by atoms with Crippen molar-refractivity contribution in [1.82, 2.24) is 0 Å². The molecule has 0 radical (unpaired) electrons. The highest BCUT2D eigenvalue weighted by atomic mass is 16.5. The largest absolute Gasteiger partial charge is 0.375 e. The monoisotopic (exact) mass is 295 g/mol. The lowest BCUT2D eigenvalue weighted by molar-refractivity contribution is -0.0948. The van der Waals surface area contributed by atoms with E-state index in [1.54, 1.807) is 0 Å². The Hall–Kier alpha value is -0.0800. The van der Waals surface area contributed by atoms with Crippen LogP contribution in [-0.2, 0) is 4.74 Å². The summed E-state index contributed by atoms with van der Waals surface area (Å²) in [6.07, 6.45) is 11.2. The van der Waals surface area contributed by atoms with Gasteiger partial charge in [0.05, 0.1) is 12.2 Å². The van der Waals surface area contributed by atoms with Crippen molar-refractivity contribution in [2.45, 2.75) is 91.3 Å². The van der Waals surface area contributed by atoms with Gasteiger partial charge >= 0.3 is 0 Å². The van der Waals surface area contributed by atoms with Crippen LogP contribution in [0.25, 0.3) is 0 Å². The molecule has 2 nitrogen and oxygen atoms in total. The average molecular weight is 296 g/mol. The lowest BCUT2D eigenvalue weighted by Gasteiger charge is -2.44. The van der Waals surface area contributed by atoms with Crippen LogP contribution in [0.4, 0.5) is 0 Å². The van der Waals surface area contributed by atoms with Crippen LogP contribution in [0.1, 0.15) is 79.1 Å². The molecule has 0 aliphatic heterocycles. The summed E-state index contributed by atoms with van der Waals surface area (Å²) in [5, 5.41) is 0. The van der Waals surface area contributed by atoms with Gasteiger partial charge in [0.15, 0.2) is 0 Å². The highest BCUT2D eigenvalue weighted by Gasteiger charge is 2.38. The summed E-state index contributed by atoms with van der Waals surface area (Å²) in [5.74, 6) is 2.29. The lowest BCUT2D eigenvalue weighted by Crippen LogP contribution is -2.42. The van der Waals surface area contributed by atoms with Crippen LogP contribution in [0.5, 0.6) is 0 Å². The Morgan fingerprint density at radius 3 is 2.29 bits per heavy atom. The van der Waals surface area contributed by atoms with Gasteiger partial charge in [-0.25, -0.2) is 0 Å². The van der Waals surface area contributed by atoms with Crippen molar-refractivity contribution < 1.29 is 4.74 Å². The molecule has 2 aliphatic rings. The van der Waals surface area contributed by atoms with E-state index in [1.807, 2.05) is 0 Å². The molecule has 21 heavy (non-hydrogen) atoms. The predicted octanol–water partition coefficient (Wildman–Crippen LogP) is 4.76. The third-order valence-electron chi connectivity index (χ3n) is 6.58. The molecule has 0 saturated heterocycles. The van der Waals surface area contributed by atoms with Crippen LogP contribution in [0.15, 0.2) is 0 Å². The van der Waals surface area contributed by atoms with E-state index in [-0.39, 0.29) is 0 Å². The van der Waals surface area contributed by atoms with E-state index in [0.29, 0.717) is 23.5 Å². The van der Waals surface area contributed by atoms with Crippen LogP contribution >= 0.6 is 0 Å². The molecule has 2 aliphatic carbocycles. The van der Waals surface area contributed by atoms with Gasteiger partial charge in [-0.1, -0.05) is 34.1 Å². The number of ether oxygens (including phenoxy) is 1. The first-order chi connectivity index (χ1) is 9.96. The molecule has 2 fully saturated rings. The van der Waals surface area contributed by atoms with Crippen LogP contribution in [0.2, 0.25) is 0 Å². The maximum atomic E-state index is 6.57. The SMILES string of the molecule is CCC(C)(C)C1CCC(CN)C(OC2CCC(C)CC2)C1. The zero-order chi connectivity index (χ0) is 15.5. The molecule has 0 aromatic heterocycles. The average Bonchev–Trinajstić information content (AvgIpc) is 2.49. The Morgan fingerprint density at radius 1 is 1.05 bits per heavy atom. The molecule has 2 N–H and O–H groups in total. The number of hydrogen-bond donors (Lipinski definition) is 1. The number of nitrogens with two attached hydrogens (primary N) is 1. The Morgan fingerprint density at radius 2 is 1.71 bits per heavy atom. The van der Waals surface area contributed by atoms with Crippen molar-refractivity contribution in [3.8, 4) is 0 Å². The zero-order valence-corrected chi connectivity index (χ0v) is 14.7. The Bertz CT molecular complexity index is 307. The summed E-state index contributed by atoms with van der Waals surface area (Å²) in [7, 11) is 0. The minimum absolute atomic E-state index is 0.415. The van der Waals surface area contributed by atoms with Crippen LogP contribution < -0.4 is 5.73 Å². The van der Waals surface area contributed by atoms with E-state index in [0.717, 1.165) is 18.4 Å². The maximum Gasteiger partial charge on any atom is 0.0621 e. The minimum atomic E-state index is 0.415. The highest BCUT2D eigenvalue weighted by Crippen LogP contribution is 2.43. The molecule has 0 aromatic carbocycles. The molecule has 0 heterocycles. The fourth-order valence-electron chi connectivity index (χ4n) is 4.24. The first-order valence-electron chi connectivity index (χ1n) is 9.31. The summed E-state index contributed by atoms with van der Waals surface area (Å²) in [6.45, 7) is 10.4. The zero-order valence-electron chi connectivity index (χ0n) is 14.7. The van der Waals surface area contributed by atoms with E-state index in [1.165, 1.54) is 51.4 Å². The van der Waals surface area contributed by atoms with Crippen molar-refractivity contribution in [3.63, 3.8) is 0 Å². The second-order valence-corrected chi connectivity index (χ2v) is 8.40. The van der Waals surface area contributed by atoms with Crippen LogP contribution in [-0.4, -0.2) is 18.8 Å². The number of hydrogen-bond acceptors (Lipinski definition) is 2. The molecular weight excluding hydrogens is 258 g/mol. The third kappa shape index (κ3) is 4.45. The van der Waals surface area contributed by atoms with Gasteiger partial charge in [-0.15, -0.1) is 0 Å². The summed E-state index contributed by atoms with van der Waals surface area (Å²) in [6, 6.07) is 0. The van der Waals surface area contributed by atoms with Crippen molar-refractivity contribution in [3.05, 3.63) is 0 Å². The fourth-order valence-corrected chi connectivity index (χ4v) is 4.24. The molecule has 0 amide bonds. The fraction of sp³-hybridized carbons (Fsp3) is 1.00. The first-order valence-corrected chi connectivity index (χ1v) is 9.31. The molecular formula is C19H37NO. The molecule has 0 aromatic rings. The molecule has 2 rings (SSSR count). The summed E-state index contributed by atoms with van der Waals surface area (Å²) >= 11 is 0. The molecule has 2 heteroatoms. The molecule has 0 bridgehead atoms. The normalized spacial score (nSPS) is 38.4. The second-order valence-electron chi connectivity index (χ2n) is 8.40. The van der Waals surface area contributed by atoms with Gasteiger partial charge in [0, 0.05) is 0 Å². The summed E-state index contributed by atoms with van der Waals surface area (Å²) in [4.78, 5) is 0. The molecule has 124 valence electrons. The topological polar surface area (TPSA) is 35.2 Å². The summed E-state index contributed by atoms with van der Waals surface area (Å²) < 4.78 is 6.57. The highest BCUT2D eigenvalue weighted by molar-refractivity contribution is 4.89. The smallest absolute Gasteiger partial charge is 0.0621 e. The van der Waals surface area contributed by atoms with Gasteiger partial charge in [-0.05, 0) is 74.7 Å². The van der Waals surface area contributed by atoms with Gasteiger partial charge in [0.2, 0.25) is 0 Å². The molecule has 2 saturated carbocycles. The van der Waals surface area contributed by atoms with Crippen molar-refractivity contribution in [2.75, 3.05) is 6.54 Å². The van der Waals surface area contributed by atoms with E-state index in [4.69, 9.17) is 10.5 Å². The van der Waals surface area contributed by atoms with E-state index >= 15 is 0 Å². The third-order valence-corrected chi connectivity index (χ3v) is 6.58. The quantitative estimate of drug-likeness (QED) is 0.793. The van der Waals surface area contributed by atoms with Gasteiger partial charge in [-0.2, -0.15) is 0 Å². The summed E-state index contributed by atoms with van der Waals surface area (Å²) in [5.41, 5.74) is 6.47. The van der Waals surface area contributed by atoms with Crippen molar-refractivity contribution >= 4 is 0 Å². The maximum absolute atomic E-state index is 6.57. The van der Waals surface area contributed by atoms with Gasteiger partial charge in [0.25, 0.3) is 0 Å². The molecule has 3 unspecified atom stereocenters. The van der Waals surface area contributed by atoms with Crippen molar-refractivity contribution in [1.29, 1.82) is 0 Å². The second kappa shape index (κ2) is 7.46. The number of rotatable bonds is 5. The Balaban J connectivity index is 1.93. The van der Waals surface area contributed by atoms with Crippen LogP contribution in [0.3, 0.4) is 0 Å². The molecule has 0 spiro atoms. The first kappa shape index (κ1) is 17.3. The Labute approximate surface area is 132 Å².